The zero-order valence-electron chi connectivity index (χ0n) is 10.3. The third kappa shape index (κ3) is 3.45. The van der Waals surface area contributed by atoms with Crippen LogP contribution in [0.2, 0.25) is 0 Å². The van der Waals surface area contributed by atoms with Crippen LogP contribution in [-0.4, -0.2) is 22.8 Å². The molecule has 2 rings (SSSR count). The summed E-state index contributed by atoms with van der Waals surface area (Å²) >= 11 is 1.73. The lowest BCUT2D eigenvalue weighted by Gasteiger charge is -2.07. The van der Waals surface area contributed by atoms with Crippen LogP contribution in [0.15, 0.2) is 41.4 Å². The van der Waals surface area contributed by atoms with E-state index in [4.69, 9.17) is 5.73 Å². The minimum atomic E-state index is 0.561. The summed E-state index contributed by atoms with van der Waals surface area (Å²) in [7, 11) is 0. The van der Waals surface area contributed by atoms with E-state index >= 15 is 0 Å². The first-order valence-electron chi connectivity index (χ1n) is 5.75. The van der Waals surface area contributed by atoms with Crippen LogP contribution < -0.4 is 11.1 Å². The largest absolute Gasteiger partial charge is 0.340 e. The molecule has 0 aliphatic carbocycles. The third-order valence-corrected chi connectivity index (χ3v) is 3.18. The summed E-state index contributed by atoms with van der Waals surface area (Å²) in [6.07, 6.45) is 4.50. The highest BCUT2D eigenvalue weighted by Crippen LogP contribution is 2.19. The van der Waals surface area contributed by atoms with Crippen LogP contribution in [0.25, 0.3) is 0 Å². The summed E-state index contributed by atoms with van der Waals surface area (Å²) in [5.41, 5.74) is 6.51. The van der Waals surface area contributed by atoms with Crippen LogP contribution in [-0.2, 0) is 6.42 Å². The minimum absolute atomic E-state index is 0.561. The van der Waals surface area contributed by atoms with Crippen molar-refractivity contribution in [2.75, 3.05) is 18.1 Å². The molecule has 0 bridgehead atoms. The molecule has 0 amide bonds. The number of thioether (sulfide) groups is 1. The lowest BCUT2D eigenvalue weighted by atomic mass is 10.3. The minimum Gasteiger partial charge on any atom is -0.340 e. The first-order valence-corrected chi connectivity index (χ1v) is 6.97. The van der Waals surface area contributed by atoms with Crippen molar-refractivity contribution in [2.24, 2.45) is 5.73 Å². The third-order valence-electron chi connectivity index (χ3n) is 2.44. The lowest BCUT2D eigenvalue weighted by molar-refractivity contribution is 0.870. The topological polar surface area (TPSA) is 63.8 Å². The van der Waals surface area contributed by atoms with E-state index in [0.717, 1.165) is 17.3 Å². The van der Waals surface area contributed by atoms with Gasteiger partial charge < -0.3 is 11.1 Å². The van der Waals surface area contributed by atoms with E-state index in [-0.39, 0.29) is 0 Å². The Morgan fingerprint density at radius 1 is 1.22 bits per heavy atom. The van der Waals surface area contributed by atoms with E-state index in [9.17, 15) is 0 Å². The Labute approximate surface area is 111 Å². The zero-order chi connectivity index (χ0) is 12.8. The van der Waals surface area contributed by atoms with Gasteiger partial charge in [-0.05, 0) is 43.1 Å². The molecular formula is C13H16N4S. The summed E-state index contributed by atoms with van der Waals surface area (Å²) in [5.74, 6) is 1.56. The maximum absolute atomic E-state index is 5.49. The number of aromatic nitrogens is 2. The van der Waals surface area contributed by atoms with Crippen LogP contribution in [0, 0.1) is 0 Å². The molecule has 94 valence electrons. The molecular weight excluding hydrogens is 244 g/mol. The predicted molar refractivity (Wildman–Crippen MR) is 76.3 cm³/mol. The monoisotopic (exact) mass is 260 g/mol. The van der Waals surface area contributed by atoms with Gasteiger partial charge in [0.2, 0.25) is 0 Å². The molecule has 5 heteroatoms. The zero-order valence-corrected chi connectivity index (χ0v) is 11.1. The van der Waals surface area contributed by atoms with Crippen molar-refractivity contribution in [3.05, 3.63) is 42.4 Å². The van der Waals surface area contributed by atoms with E-state index in [2.05, 4.69) is 33.7 Å². The average Bonchev–Trinajstić information content (AvgIpc) is 2.40. The Bertz CT molecular complexity index is 499. The average molecular weight is 260 g/mol. The summed E-state index contributed by atoms with van der Waals surface area (Å²) < 4.78 is 0. The van der Waals surface area contributed by atoms with Gasteiger partial charge in [0.25, 0.3) is 0 Å². The fourth-order valence-corrected chi connectivity index (χ4v) is 1.95. The summed E-state index contributed by atoms with van der Waals surface area (Å²) in [6, 6.07) is 10.1. The molecule has 0 fully saturated rings. The standard InChI is InChI=1S/C13H16N4S/c1-18-11-4-2-10(3-5-11)16-13-7-9-15-12(17-13)6-8-14/h2-5,7,9H,6,8,14H2,1H3,(H,15,16,17). The van der Waals surface area contributed by atoms with Crippen LogP contribution in [0.3, 0.4) is 0 Å². The first-order chi connectivity index (χ1) is 8.81. The van der Waals surface area contributed by atoms with Crippen LogP contribution >= 0.6 is 11.8 Å². The fraction of sp³-hybridized carbons (Fsp3) is 0.231. The maximum Gasteiger partial charge on any atom is 0.134 e. The van der Waals surface area contributed by atoms with Crippen molar-refractivity contribution in [2.45, 2.75) is 11.3 Å². The van der Waals surface area contributed by atoms with Gasteiger partial charge in [0.1, 0.15) is 11.6 Å². The van der Waals surface area contributed by atoms with E-state index in [0.29, 0.717) is 13.0 Å². The van der Waals surface area contributed by atoms with Crippen molar-refractivity contribution in [3.63, 3.8) is 0 Å². The summed E-state index contributed by atoms with van der Waals surface area (Å²) in [5, 5.41) is 3.25. The molecule has 0 atom stereocenters. The molecule has 3 N–H and O–H groups in total. The highest BCUT2D eigenvalue weighted by atomic mass is 32.2. The quantitative estimate of drug-likeness (QED) is 0.808. The maximum atomic E-state index is 5.49. The van der Waals surface area contributed by atoms with Gasteiger partial charge in [-0.3, -0.25) is 0 Å². The number of nitrogens with one attached hydrogen (secondary N) is 1. The van der Waals surface area contributed by atoms with Crippen molar-refractivity contribution in [3.8, 4) is 0 Å². The summed E-state index contributed by atoms with van der Waals surface area (Å²) in [6.45, 7) is 0.561. The number of hydrogen-bond acceptors (Lipinski definition) is 5. The van der Waals surface area contributed by atoms with Gasteiger partial charge in [-0.15, -0.1) is 11.8 Å². The Morgan fingerprint density at radius 3 is 2.67 bits per heavy atom. The van der Waals surface area contributed by atoms with Gasteiger partial charge in [-0.1, -0.05) is 0 Å². The van der Waals surface area contributed by atoms with E-state index in [1.54, 1.807) is 18.0 Å². The van der Waals surface area contributed by atoms with Gasteiger partial charge >= 0.3 is 0 Å². The van der Waals surface area contributed by atoms with Gasteiger partial charge in [0.15, 0.2) is 0 Å². The number of nitrogens with zero attached hydrogens (tertiary/aromatic N) is 2. The second kappa shape index (κ2) is 6.37. The van der Waals surface area contributed by atoms with E-state index in [1.807, 2.05) is 18.2 Å². The second-order valence-electron chi connectivity index (χ2n) is 3.75. The molecule has 0 saturated heterocycles. The molecule has 0 unspecified atom stereocenters. The number of benzene rings is 1. The number of hydrogen-bond donors (Lipinski definition) is 2. The van der Waals surface area contributed by atoms with Crippen molar-refractivity contribution >= 4 is 23.3 Å². The lowest BCUT2D eigenvalue weighted by Crippen LogP contribution is -2.07. The number of rotatable bonds is 5. The molecule has 0 radical (unpaired) electrons. The number of nitrogens with two attached hydrogens (primary N) is 1. The van der Waals surface area contributed by atoms with Gasteiger partial charge in [0, 0.05) is 23.2 Å². The van der Waals surface area contributed by atoms with E-state index < -0.39 is 0 Å². The highest BCUT2D eigenvalue weighted by Gasteiger charge is 1.99. The van der Waals surface area contributed by atoms with Gasteiger partial charge in [0.05, 0.1) is 0 Å². The Hall–Kier alpha value is -1.59. The molecule has 1 aromatic heterocycles. The molecule has 4 nitrogen and oxygen atoms in total. The van der Waals surface area contributed by atoms with Crippen molar-refractivity contribution < 1.29 is 0 Å². The molecule has 2 aromatic rings. The molecule has 0 aliphatic heterocycles. The molecule has 0 aliphatic rings. The summed E-state index contributed by atoms with van der Waals surface area (Å²) in [4.78, 5) is 9.80. The Kier molecular flexibility index (Phi) is 4.55. The highest BCUT2D eigenvalue weighted by molar-refractivity contribution is 7.98. The number of anilines is 2. The van der Waals surface area contributed by atoms with Gasteiger partial charge in [-0.2, -0.15) is 0 Å². The first kappa shape index (κ1) is 12.9. The van der Waals surface area contributed by atoms with Crippen LogP contribution in [0.1, 0.15) is 5.82 Å². The molecule has 1 heterocycles. The predicted octanol–water partition coefficient (Wildman–Crippen LogP) is 2.44. The van der Waals surface area contributed by atoms with Gasteiger partial charge in [-0.25, -0.2) is 9.97 Å². The molecule has 18 heavy (non-hydrogen) atoms. The van der Waals surface area contributed by atoms with E-state index in [1.165, 1.54) is 4.90 Å². The van der Waals surface area contributed by atoms with Crippen molar-refractivity contribution in [1.82, 2.24) is 9.97 Å². The SMILES string of the molecule is CSc1ccc(Nc2ccnc(CCN)n2)cc1. The molecule has 1 aromatic carbocycles. The van der Waals surface area contributed by atoms with Crippen molar-refractivity contribution in [1.29, 1.82) is 0 Å². The molecule has 0 saturated carbocycles. The Balaban J connectivity index is 2.09. The normalized spacial score (nSPS) is 10.3. The second-order valence-corrected chi connectivity index (χ2v) is 4.63. The molecule has 0 spiro atoms. The Morgan fingerprint density at radius 2 is 2.00 bits per heavy atom. The van der Waals surface area contributed by atoms with Crippen LogP contribution in [0.5, 0.6) is 0 Å². The fourth-order valence-electron chi connectivity index (χ4n) is 1.54. The van der Waals surface area contributed by atoms with Crippen LogP contribution in [0.4, 0.5) is 11.5 Å². The smallest absolute Gasteiger partial charge is 0.134 e.